The number of nitrogens with zero attached hydrogens (tertiary/aromatic N) is 1. The molecule has 0 unspecified atom stereocenters. The average molecular weight is 262 g/mol. The summed E-state index contributed by atoms with van der Waals surface area (Å²) >= 11 is 0. The van der Waals surface area contributed by atoms with Gasteiger partial charge in [-0.15, -0.1) is 13.2 Å². The van der Waals surface area contributed by atoms with E-state index in [1.165, 1.54) is 0 Å². The molecule has 9 heteroatoms. The standard InChI is InChI=1S/C6H3ClF3NO3S/c7-15(12,13)4-1-2-11-5(3-4)14-6(8,9)10/h1-3H. The van der Waals surface area contributed by atoms with Crippen molar-refractivity contribution in [2.24, 2.45) is 0 Å². The average Bonchev–Trinajstić information content (AvgIpc) is 1.99. The van der Waals surface area contributed by atoms with Crippen LogP contribution >= 0.6 is 10.7 Å². The van der Waals surface area contributed by atoms with Crippen LogP contribution < -0.4 is 4.74 Å². The molecule has 1 heterocycles. The van der Waals surface area contributed by atoms with Crippen molar-refractivity contribution in [1.82, 2.24) is 4.98 Å². The van der Waals surface area contributed by atoms with Gasteiger partial charge in [0.05, 0.1) is 4.90 Å². The van der Waals surface area contributed by atoms with Gasteiger partial charge in [-0.3, -0.25) is 0 Å². The second-order valence-corrected chi connectivity index (χ2v) is 4.88. The van der Waals surface area contributed by atoms with Crippen molar-refractivity contribution in [2.75, 3.05) is 0 Å². The van der Waals surface area contributed by atoms with Crippen molar-refractivity contribution >= 4 is 19.7 Å². The van der Waals surface area contributed by atoms with Crippen LogP contribution in [0, 0.1) is 0 Å². The Hall–Kier alpha value is -1.02. The zero-order chi connectivity index (χ0) is 11.7. The second kappa shape index (κ2) is 3.86. The predicted octanol–water partition coefficient (Wildman–Crippen LogP) is 1.91. The first-order valence-electron chi connectivity index (χ1n) is 3.35. The molecule has 0 saturated carbocycles. The summed E-state index contributed by atoms with van der Waals surface area (Å²) in [5.74, 6) is -0.885. The van der Waals surface area contributed by atoms with Gasteiger partial charge in [-0.1, -0.05) is 0 Å². The van der Waals surface area contributed by atoms with E-state index in [0.29, 0.717) is 6.07 Å². The molecule has 0 radical (unpaired) electrons. The largest absolute Gasteiger partial charge is 0.574 e. The number of hydrogen-bond donors (Lipinski definition) is 0. The van der Waals surface area contributed by atoms with Gasteiger partial charge in [0.15, 0.2) is 0 Å². The van der Waals surface area contributed by atoms with Gasteiger partial charge in [-0.05, 0) is 6.07 Å². The van der Waals surface area contributed by atoms with E-state index in [4.69, 9.17) is 10.7 Å². The van der Waals surface area contributed by atoms with E-state index in [9.17, 15) is 21.6 Å². The highest BCUT2D eigenvalue weighted by atomic mass is 35.7. The van der Waals surface area contributed by atoms with Crippen LogP contribution in [0.1, 0.15) is 0 Å². The van der Waals surface area contributed by atoms with Gasteiger partial charge in [0.1, 0.15) is 0 Å². The maximum atomic E-state index is 11.7. The third-order valence-electron chi connectivity index (χ3n) is 1.21. The van der Waals surface area contributed by atoms with Crippen LogP contribution in [-0.4, -0.2) is 19.8 Å². The van der Waals surface area contributed by atoms with Gasteiger partial charge in [0.2, 0.25) is 5.88 Å². The summed E-state index contributed by atoms with van der Waals surface area (Å²) in [7, 11) is 0.813. The lowest BCUT2D eigenvalue weighted by atomic mass is 10.5. The molecule has 0 bridgehead atoms. The Balaban J connectivity index is 3.04. The third-order valence-corrected chi connectivity index (χ3v) is 2.56. The Kier molecular flexibility index (Phi) is 3.10. The van der Waals surface area contributed by atoms with E-state index < -0.39 is 26.2 Å². The minimum Gasteiger partial charge on any atom is -0.388 e. The van der Waals surface area contributed by atoms with E-state index in [2.05, 4.69) is 9.72 Å². The smallest absolute Gasteiger partial charge is 0.388 e. The summed E-state index contributed by atoms with van der Waals surface area (Å²) in [6, 6.07) is 1.53. The maximum Gasteiger partial charge on any atom is 0.574 e. The van der Waals surface area contributed by atoms with Crippen LogP contribution in [0.15, 0.2) is 23.2 Å². The summed E-state index contributed by atoms with van der Waals surface area (Å²) in [6.45, 7) is 0. The maximum absolute atomic E-state index is 11.7. The zero-order valence-electron chi connectivity index (χ0n) is 6.82. The van der Waals surface area contributed by atoms with Gasteiger partial charge in [0.25, 0.3) is 9.05 Å². The van der Waals surface area contributed by atoms with Crippen molar-refractivity contribution in [3.63, 3.8) is 0 Å². The predicted molar refractivity (Wildman–Crippen MR) is 44.0 cm³/mol. The van der Waals surface area contributed by atoms with Gasteiger partial charge in [0, 0.05) is 22.9 Å². The van der Waals surface area contributed by atoms with Crippen LogP contribution in [0.5, 0.6) is 5.88 Å². The first-order valence-corrected chi connectivity index (χ1v) is 5.66. The summed E-state index contributed by atoms with van der Waals surface area (Å²) < 4.78 is 60.1. The van der Waals surface area contributed by atoms with E-state index in [1.54, 1.807) is 0 Å². The zero-order valence-corrected chi connectivity index (χ0v) is 8.40. The SMILES string of the molecule is O=S(=O)(Cl)c1ccnc(OC(F)(F)F)c1. The number of halogens is 4. The van der Waals surface area contributed by atoms with E-state index in [1.807, 2.05) is 0 Å². The van der Waals surface area contributed by atoms with Crippen molar-refractivity contribution in [1.29, 1.82) is 0 Å². The van der Waals surface area contributed by atoms with Crippen LogP contribution in [0.2, 0.25) is 0 Å². The van der Waals surface area contributed by atoms with E-state index >= 15 is 0 Å². The highest BCUT2D eigenvalue weighted by molar-refractivity contribution is 8.13. The molecule has 0 N–H and O–H groups in total. The molecule has 0 spiro atoms. The third kappa shape index (κ3) is 3.92. The van der Waals surface area contributed by atoms with E-state index in [-0.39, 0.29) is 0 Å². The highest BCUT2D eigenvalue weighted by Gasteiger charge is 2.32. The summed E-state index contributed by atoms with van der Waals surface area (Å²) in [5, 5.41) is 0. The molecule has 15 heavy (non-hydrogen) atoms. The summed E-state index contributed by atoms with van der Waals surface area (Å²) in [5.41, 5.74) is 0. The normalized spacial score (nSPS) is 12.5. The first-order chi connectivity index (χ1) is 6.68. The Bertz CT molecular complexity index is 459. The van der Waals surface area contributed by atoms with Crippen LogP contribution in [0.25, 0.3) is 0 Å². The molecule has 0 aliphatic carbocycles. The molecule has 0 aromatic carbocycles. The lowest BCUT2D eigenvalue weighted by Crippen LogP contribution is -2.18. The van der Waals surface area contributed by atoms with E-state index in [0.717, 1.165) is 12.3 Å². The molecule has 0 aliphatic rings. The Morgan fingerprint density at radius 1 is 1.40 bits per heavy atom. The lowest BCUT2D eigenvalue weighted by molar-refractivity contribution is -0.276. The lowest BCUT2D eigenvalue weighted by Gasteiger charge is -2.07. The molecule has 4 nitrogen and oxygen atoms in total. The Morgan fingerprint density at radius 2 is 2.00 bits per heavy atom. The van der Waals surface area contributed by atoms with Crippen molar-refractivity contribution in [3.8, 4) is 5.88 Å². The van der Waals surface area contributed by atoms with Gasteiger partial charge in [-0.25, -0.2) is 13.4 Å². The minimum absolute atomic E-state index is 0.515. The number of pyridine rings is 1. The first kappa shape index (κ1) is 12.1. The topological polar surface area (TPSA) is 56.3 Å². The molecule has 0 saturated heterocycles. The molecule has 0 atom stereocenters. The molecule has 0 amide bonds. The number of aromatic nitrogens is 1. The monoisotopic (exact) mass is 261 g/mol. The Morgan fingerprint density at radius 3 is 2.47 bits per heavy atom. The number of hydrogen-bond acceptors (Lipinski definition) is 4. The van der Waals surface area contributed by atoms with Crippen molar-refractivity contribution in [3.05, 3.63) is 18.3 Å². The van der Waals surface area contributed by atoms with Crippen molar-refractivity contribution < 1.29 is 26.3 Å². The summed E-state index contributed by atoms with van der Waals surface area (Å²) in [6.07, 6.45) is -4.09. The molecule has 1 rings (SSSR count). The van der Waals surface area contributed by atoms with Gasteiger partial charge >= 0.3 is 6.36 Å². The fourth-order valence-electron chi connectivity index (χ4n) is 0.717. The molecule has 0 fully saturated rings. The molecular weight excluding hydrogens is 259 g/mol. The van der Waals surface area contributed by atoms with Crippen molar-refractivity contribution in [2.45, 2.75) is 11.3 Å². The second-order valence-electron chi connectivity index (χ2n) is 2.32. The number of alkyl halides is 3. The number of rotatable bonds is 2. The molecular formula is C6H3ClF3NO3S. The molecule has 1 aromatic heterocycles. The minimum atomic E-state index is -4.93. The fourth-order valence-corrected chi connectivity index (χ4v) is 1.47. The fraction of sp³-hybridized carbons (Fsp3) is 0.167. The number of ether oxygens (including phenoxy) is 1. The van der Waals surface area contributed by atoms with Gasteiger partial charge < -0.3 is 4.74 Å². The summed E-state index contributed by atoms with van der Waals surface area (Å²) in [4.78, 5) is 2.66. The molecule has 0 aliphatic heterocycles. The molecule has 84 valence electrons. The van der Waals surface area contributed by atoms with Gasteiger partial charge in [-0.2, -0.15) is 0 Å². The van der Waals surface area contributed by atoms with Crippen LogP contribution in [-0.2, 0) is 9.05 Å². The Labute approximate surface area is 87.1 Å². The highest BCUT2D eigenvalue weighted by Crippen LogP contribution is 2.23. The van der Waals surface area contributed by atoms with Crippen LogP contribution in [0.3, 0.4) is 0 Å². The quantitative estimate of drug-likeness (QED) is 0.763. The van der Waals surface area contributed by atoms with Crippen LogP contribution in [0.4, 0.5) is 13.2 Å². The molecule has 1 aromatic rings.